The van der Waals surface area contributed by atoms with Gasteiger partial charge in [0.15, 0.2) is 12.4 Å². The van der Waals surface area contributed by atoms with Crippen molar-refractivity contribution in [2.24, 2.45) is 0 Å². The molecule has 3 aromatic carbocycles. The second-order valence-electron chi connectivity index (χ2n) is 19.6. The lowest BCUT2D eigenvalue weighted by Gasteiger charge is -2.43. The number of amides is 6. The van der Waals surface area contributed by atoms with E-state index in [1.807, 2.05) is 30.3 Å². The standard InChI is InChI=1S/C53H71N9O15/c1-31(2)74-32(3)46(75-52(40(66)29-63)76-47-45(68)41(30-64)77-56-48(47)54-33(4)65)50(70)60-23-25-61(26-24-60)53(72)62-39-27-35(51(71)73-7)13-18-38(39)43(49(62)69)44(34-11-9-8-10-12-34)55-36-14-16-37(17-15-36)58(6)42(67)28-59-21-19-57(5)20-22-59/h8-18,27,31-32,40-41,45-48,52,55-56,63-64,66,68H,19-26,28-30H2,1-7H3,(H,54,65)/b44-43-/t32-,40-,41?,45?,46?,47?,48+,52?/m0/s1. The van der Waals surface area contributed by atoms with Gasteiger partial charge in [-0.1, -0.05) is 36.4 Å². The number of nitrogens with one attached hydrogen (secondary N) is 3. The molecule has 0 aromatic heterocycles. The molecule has 0 aliphatic carbocycles. The van der Waals surface area contributed by atoms with Crippen LogP contribution in [0.4, 0.5) is 21.9 Å². The van der Waals surface area contributed by atoms with Crippen LogP contribution in [0.2, 0.25) is 0 Å². The van der Waals surface area contributed by atoms with Gasteiger partial charge >= 0.3 is 12.0 Å². The van der Waals surface area contributed by atoms with Crippen molar-refractivity contribution in [3.63, 3.8) is 0 Å². The SMILES string of the molecule is COC(=O)c1ccc2c(c1)N(C(=O)N1CCN(C(=O)C(OC(OC3C(O)C(CO)ON[C@H]3NC(C)=O)[C@@H](O)CO)[C@H](C)OC(C)C)CC1)C(=O)/C2=C(\Nc1ccc(N(C)C(=O)CN2CCN(C)CC2)cc1)c1ccccc1. The van der Waals surface area contributed by atoms with Crippen LogP contribution in [-0.2, 0) is 43.0 Å². The number of aliphatic hydroxyl groups excluding tert-OH is 4. The summed E-state index contributed by atoms with van der Waals surface area (Å²) < 4.78 is 23.2. The van der Waals surface area contributed by atoms with Crippen molar-refractivity contribution in [3.05, 3.63) is 89.5 Å². The van der Waals surface area contributed by atoms with Crippen LogP contribution in [0.3, 0.4) is 0 Å². The van der Waals surface area contributed by atoms with E-state index >= 15 is 4.79 Å². The summed E-state index contributed by atoms with van der Waals surface area (Å²) in [5.74, 6) is -2.64. The summed E-state index contributed by atoms with van der Waals surface area (Å²) in [6.07, 6.45) is -12.1. The van der Waals surface area contributed by atoms with Crippen LogP contribution >= 0.6 is 0 Å². The number of hydrogen-bond donors (Lipinski definition) is 7. The molecule has 6 amide bonds. The third-order valence-electron chi connectivity index (χ3n) is 13.7. The molecule has 4 heterocycles. The van der Waals surface area contributed by atoms with Crippen LogP contribution in [-0.4, -0.2) is 224 Å². The molecule has 3 saturated heterocycles. The molecule has 418 valence electrons. The number of esters is 1. The fourth-order valence-electron chi connectivity index (χ4n) is 9.43. The summed E-state index contributed by atoms with van der Waals surface area (Å²) in [5.41, 5.74) is 5.40. The number of rotatable bonds is 19. The number of methoxy groups -OCH3 is 1. The third-order valence-corrected chi connectivity index (χ3v) is 13.7. The number of ether oxygens (including phenoxy) is 4. The smallest absolute Gasteiger partial charge is 0.337 e. The minimum atomic E-state index is -1.83. The molecule has 24 heteroatoms. The lowest BCUT2D eigenvalue weighted by Crippen LogP contribution is -2.67. The Bertz CT molecular complexity index is 2590. The molecule has 24 nitrogen and oxygen atoms in total. The maximum atomic E-state index is 15.1. The van der Waals surface area contributed by atoms with E-state index in [2.05, 4.69) is 33.0 Å². The summed E-state index contributed by atoms with van der Waals surface area (Å²) in [6, 6.07) is 20.0. The van der Waals surface area contributed by atoms with Gasteiger partial charge in [0, 0.05) is 83.3 Å². The number of imide groups is 1. The largest absolute Gasteiger partial charge is 0.465 e. The molecule has 0 saturated carbocycles. The maximum Gasteiger partial charge on any atom is 0.337 e. The van der Waals surface area contributed by atoms with Gasteiger partial charge in [0.2, 0.25) is 11.8 Å². The average Bonchev–Trinajstić information content (AvgIpc) is 3.78. The third kappa shape index (κ3) is 13.8. The number of hydroxylamine groups is 1. The maximum absolute atomic E-state index is 15.1. The van der Waals surface area contributed by atoms with Crippen molar-refractivity contribution in [1.29, 1.82) is 0 Å². The molecular weight excluding hydrogens is 1000 g/mol. The quantitative estimate of drug-likeness (QED) is 0.0482. The van der Waals surface area contributed by atoms with Crippen LogP contribution in [0.5, 0.6) is 0 Å². The topological polar surface area (TPSA) is 285 Å². The number of nitrogens with zero attached hydrogens (tertiary/aromatic N) is 6. The molecule has 7 N–H and O–H groups in total. The fraction of sp³-hybridized carbons (Fsp3) is 0.509. The van der Waals surface area contributed by atoms with Gasteiger partial charge in [0.25, 0.3) is 11.8 Å². The summed E-state index contributed by atoms with van der Waals surface area (Å²) in [6.45, 7) is 8.02. The Morgan fingerprint density at radius 2 is 1.53 bits per heavy atom. The minimum absolute atomic E-state index is 0.0535. The summed E-state index contributed by atoms with van der Waals surface area (Å²) in [4.78, 5) is 97.9. The molecule has 4 aliphatic heterocycles. The number of urea groups is 1. The predicted octanol–water partition coefficient (Wildman–Crippen LogP) is 0.257. The van der Waals surface area contributed by atoms with Gasteiger partial charge in [-0.3, -0.25) is 28.9 Å². The van der Waals surface area contributed by atoms with E-state index in [1.165, 1.54) is 36.0 Å². The average molecular weight is 1070 g/mol. The van der Waals surface area contributed by atoms with Crippen molar-refractivity contribution in [2.45, 2.75) is 82.9 Å². The number of fused-ring (bicyclic) bond motifs is 1. The van der Waals surface area contributed by atoms with Gasteiger partial charge in [-0.05, 0) is 69.8 Å². The summed E-state index contributed by atoms with van der Waals surface area (Å²) in [7, 11) is 5.01. The number of aliphatic hydroxyl groups is 4. The molecule has 4 aliphatic rings. The predicted molar refractivity (Wildman–Crippen MR) is 280 cm³/mol. The molecule has 3 fully saturated rings. The van der Waals surface area contributed by atoms with Gasteiger partial charge in [-0.2, -0.15) is 5.48 Å². The minimum Gasteiger partial charge on any atom is -0.465 e. The fourth-order valence-corrected chi connectivity index (χ4v) is 9.43. The van der Waals surface area contributed by atoms with Crippen LogP contribution < -0.4 is 25.9 Å². The number of hydrogen-bond acceptors (Lipinski definition) is 19. The van der Waals surface area contributed by atoms with Crippen molar-refractivity contribution >= 4 is 64.0 Å². The number of carbonyl (C=O) groups excluding carboxylic acids is 6. The zero-order valence-corrected chi connectivity index (χ0v) is 44.4. The Morgan fingerprint density at radius 3 is 2.14 bits per heavy atom. The van der Waals surface area contributed by atoms with Gasteiger partial charge < -0.3 is 69.6 Å². The lowest BCUT2D eigenvalue weighted by atomic mass is 9.99. The highest BCUT2D eigenvalue weighted by Gasteiger charge is 2.46. The first-order valence-electron chi connectivity index (χ1n) is 25.6. The van der Waals surface area contributed by atoms with Gasteiger partial charge in [-0.15, -0.1) is 0 Å². The van der Waals surface area contributed by atoms with Crippen molar-refractivity contribution < 1.29 is 73.0 Å². The highest BCUT2D eigenvalue weighted by atomic mass is 16.7. The molecule has 8 atom stereocenters. The van der Waals surface area contributed by atoms with Gasteiger partial charge in [0.1, 0.15) is 30.6 Å². The Labute approximate surface area is 446 Å². The Balaban J connectivity index is 1.13. The lowest BCUT2D eigenvalue weighted by molar-refractivity contribution is -0.297. The number of carbonyl (C=O) groups is 6. The van der Waals surface area contributed by atoms with E-state index in [-0.39, 0.29) is 55.5 Å². The van der Waals surface area contributed by atoms with Crippen LogP contribution in [0, 0.1) is 0 Å². The van der Waals surface area contributed by atoms with E-state index < -0.39 is 98.1 Å². The molecule has 3 aromatic rings. The van der Waals surface area contributed by atoms with Crippen molar-refractivity contribution in [1.82, 2.24) is 30.4 Å². The molecule has 0 radical (unpaired) electrons. The van der Waals surface area contributed by atoms with E-state index in [0.717, 1.165) is 31.1 Å². The van der Waals surface area contributed by atoms with E-state index in [0.29, 0.717) is 28.2 Å². The second-order valence-corrected chi connectivity index (χ2v) is 19.6. The highest BCUT2D eigenvalue weighted by Crippen LogP contribution is 2.43. The van der Waals surface area contributed by atoms with E-state index in [4.69, 9.17) is 23.8 Å². The molecule has 77 heavy (non-hydrogen) atoms. The molecule has 5 unspecified atom stereocenters. The zero-order chi connectivity index (χ0) is 55.7. The molecule has 0 spiro atoms. The first-order chi connectivity index (χ1) is 36.8. The van der Waals surface area contributed by atoms with Crippen LogP contribution in [0.1, 0.15) is 49.2 Å². The first-order valence-corrected chi connectivity index (χ1v) is 25.6. The van der Waals surface area contributed by atoms with Gasteiger partial charge in [0.05, 0.1) is 61.6 Å². The number of anilines is 3. The number of likely N-dealkylation sites (N-methyl/N-ethyl adjacent to an activating group) is 2. The van der Waals surface area contributed by atoms with E-state index in [1.54, 1.807) is 63.1 Å². The summed E-state index contributed by atoms with van der Waals surface area (Å²) >= 11 is 0. The van der Waals surface area contributed by atoms with Crippen molar-refractivity contribution in [2.75, 3.05) is 108 Å². The molecule has 7 rings (SSSR count). The number of piperazine rings is 2. The Morgan fingerprint density at radius 1 is 0.870 bits per heavy atom. The van der Waals surface area contributed by atoms with Crippen LogP contribution in [0.25, 0.3) is 11.3 Å². The normalized spacial score (nSPS) is 22.4. The van der Waals surface area contributed by atoms with E-state index in [9.17, 15) is 44.4 Å². The molecule has 0 bridgehead atoms. The Kier molecular flexibility index (Phi) is 19.9. The number of benzene rings is 3. The van der Waals surface area contributed by atoms with Crippen molar-refractivity contribution in [3.8, 4) is 0 Å². The summed E-state index contributed by atoms with van der Waals surface area (Å²) in [5, 5.41) is 48.0. The van der Waals surface area contributed by atoms with Crippen LogP contribution in [0.15, 0.2) is 72.8 Å². The first kappa shape index (κ1) is 58.3. The monoisotopic (exact) mass is 1070 g/mol. The zero-order valence-electron chi connectivity index (χ0n) is 44.4. The highest BCUT2D eigenvalue weighted by molar-refractivity contribution is 6.44. The van der Waals surface area contributed by atoms with Gasteiger partial charge in [-0.25, -0.2) is 14.5 Å². The molecular formula is C53H71N9O15. The second kappa shape index (κ2) is 26.3. The Hall–Kier alpha value is -6.42.